The maximum atomic E-state index is 14.2. The highest BCUT2D eigenvalue weighted by atomic mass is 79.9. The first-order valence-corrected chi connectivity index (χ1v) is 10.5. The summed E-state index contributed by atoms with van der Waals surface area (Å²) >= 11 is 4.70. The van der Waals surface area contributed by atoms with E-state index in [4.69, 9.17) is 4.74 Å². The predicted octanol–water partition coefficient (Wildman–Crippen LogP) is 5.53. The summed E-state index contributed by atoms with van der Waals surface area (Å²) in [5.41, 5.74) is 2.18. The van der Waals surface area contributed by atoms with Crippen LogP contribution >= 0.6 is 27.7 Å². The molecule has 0 fully saturated rings. The number of thioether (sulfide) groups is 1. The molecular weight excluding hydrogens is 455 g/mol. The molecule has 4 aromatic rings. The normalized spacial score (nSPS) is 10.9. The average Bonchev–Trinajstić information content (AvgIpc) is 3.18. The molecule has 0 spiro atoms. The van der Waals surface area contributed by atoms with Crippen LogP contribution in [0.1, 0.15) is 5.56 Å². The highest BCUT2D eigenvalue weighted by Gasteiger charge is 2.17. The molecule has 8 heteroatoms. The van der Waals surface area contributed by atoms with E-state index in [2.05, 4.69) is 31.1 Å². The van der Waals surface area contributed by atoms with Crippen LogP contribution in [0, 0.1) is 5.82 Å². The molecule has 29 heavy (non-hydrogen) atoms. The third kappa shape index (κ3) is 4.33. The lowest BCUT2D eigenvalue weighted by Gasteiger charge is -2.11. The Labute approximate surface area is 180 Å². The van der Waals surface area contributed by atoms with Crippen molar-refractivity contribution in [2.24, 2.45) is 0 Å². The fourth-order valence-electron chi connectivity index (χ4n) is 2.77. The summed E-state index contributed by atoms with van der Waals surface area (Å²) in [6.45, 7) is 0. The van der Waals surface area contributed by atoms with Crippen LogP contribution in [-0.4, -0.2) is 26.9 Å². The zero-order valence-corrected chi connectivity index (χ0v) is 17.8. The Morgan fingerprint density at radius 1 is 1.07 bits per heavy atom. The van der Waals surface area contributed by atoms with E-state index in [0.29, 0.717) is 32.5 Å². The van der Waals surface area contributed by atoms with Crippen LogP contribution in [0.2, 0.25) is 0 Å². The van der Waals surface area contributed by atoms with Gasteiger partial charge >= 0.3 is 0 Å². The number of hydrogen-bond donors (Lipinski definition) is 0. The number of halogens is 2. The maximum absolute atomic E-state index is 14.2. The number of methoxy groups -OCH3 is 1. The summed E-state index contributed by atoms with van der Waals surface area (Å²) in [5, 5.41) is 9.35. The molecule has 0 aliphatic heterocycles. The molecule has 0 atom stereocenters. The standard InChI is InChI=1S/C21H16BrFN4OS/c1-28-17-9-7-16(8-10-17)27-20(19-4-2-3-11-24-19)25-26-21(27)29-13-14-5-6-15(22)12-18(14)23/h2-12H,13H2,1H3. The second-order valence-electron chi connectivity index (χ2n) is 6.08. The summed E-state index contributed by atoms with van der Waals surface area (Å²) in [7, 11) is 1.63. The molecule has 0 amide bonds. The molecule has 0 radical (unpaired) electrons. The summed E-state index contributed by atoms with van der Waals surface area (Å²) in [6.07, 6.45) is 1.71. The smallest absolute Gasteiger partial charge is 0.196 e. The fourth-order valence-corrected chi connectivity index (χ4v) is 4.04. The second-order valence-corrected chi connectivity index (χ2v) is 7.94. The van der Waals surface area contributed by atoms with Crippen molar-refractivity contribution in [3.8, 4) is 23.0 Å². The largest absolute Gasteiger partial charge is 0.497 e. The molecule has 0 aliphatic carbocycles. The minimum absolute atomic E-state index is 0.257. The molecule has 0 bridgehead atoms. The lowest BCUT2D eigenvalue weighted by Crippen LogP contribution is -2.01. The zero-order valence-electron chi connectivity index (χ0n) is 15.4. The van der Waals surface area contributed by atoms with E-state index in [1.54, 1.807) is 19.4 Å². The quantitative estimate of drug-likeness (QED) is 0.346. The Hall–Kier alpha value is -2.71. The minimum atomic E-state index is -0.257. The number of benzene rings is 2. The molecule has 146 valence electrons. The van der Waals surface area contributed by atoms with E-state index in [1.165, 1.54) is 17.8 Å². The van der Waals surface area contributed by atoms with Gasteiger partial charge in [-0.05, 0) is 54.1 Å². The molecule has 2 aromatic heterocycles. The number of ether oxygens (including phenoxy) is 1. The van der Waals surface area contributed by atoms with Gasteiger partial charge in [-0.3, -0.25) is 9.55 Å². The van der Waals surface area contributed by atoms with Crippen molar-refractivity contribution < 1.29 is 9.13 Å². The van der Waals surface area contributed by atoms with E-state index >= 15 is 0 Å². The molecule has 0 aliphatic rings. The van der Waals surface area contributed by atoms with Crippen molar-refractivity contribution in [1.29, 1.82) is 0 Å². The Morgan fingerprint density at radius 3 is 2.59 bits per heavy atom. The fraction of sp³-hybridized carbons (Fsp3) is 0.0952. The third-order valence-corrected chi connectivity index (χ3v) is 5.70. The molecular formula is C21H16BrFN4OS. The van der Waals surface area contributed by atoms with Crippen molar-refractivity contribution in [2.45, 2.75) is 10.9 Å². The summed E-state index contributed by atoms with van der Waals surface area (Å²) in [6, 6.07) is 18.3. The minimum Gasteiger partial charge on any atom is -0.497 e. The Balaban J connectivity index is 1.72. The van der Waals surface area contributed by atoms with Gasteiger partial charge in [0, 0.05) is 16.4 Å². The third-order valence-electron chi connectivity index (χ3n) is 4.23. The Bertz CT molecular complexity index is 1120. The monoisotopic (exact) mass is 470 g/mol. The van der Waals surface area contributed by atoms with Crippen LogP contribution in [0.5, 0.6) is 5.75 Å². The number of pyridine rings is 1. The van der Waals surface area contributed by atoms with Crippen molar-refractivity contribution in [3.05, 3.63) is 82.7 Å². The molecule has 2 heterocycles. The number of hydrogen-bond acceptors (Lipinski definition) is 5. The number of aromatic nitrogens is 4. The van der Waals surface area contributed by atoms with Gasteiger partial charge in [0.2, 0.25) is 0 Å². The van der Waals surface area contributed by atoms with E-state index in [-0.39, 0.29) is 5.82 Å². The van der Waals surface area contributed by atoms with E-state index < -0.39 is 0 Å². The predicted molar refractivity (Wildman–Crippen MR) is 115 cm³/mol. The van der Waals surface area contributed by atoms with Crippen molar-refractivity contribution >= 4 is 27.7 Å². The Morgan fingerprint density at radius 2 is 1.90 bits per heavy atom. The molecule has 0 saturated carbocycles. The molecule has 4 rings (SSSR count). The van der Waals surface area contributed by atoms with Crippen LogP contribution < -0.4 is 4.74 Å². The van der Waals surface area contributed by atoms with E-state index in [1.807, 2.05) is 53.1 Å². The highest BCUT2D eigenvalue weighted by Crippen LogP contribution is 2.30. The van der Waals surface area contributed by atoms with Crippen molar-refractivity contribution in [3.63, 3.8) is 0 Å². The molecule has 0 unspecified atom stereocenters. The first kappa shape index (κ1) is 19.6. The van der Waals surface area contributed by atoms with Crippen LogP contribution in [0.15, 0.2) is 76.5 Å². The topological polar surface area (TPSA) is 52.8 Å². The van der Waals surface area contributed by atoms with Crippen LogP contribution in [0.3, 0.4) is 0 Å². The first-order valence-electron chi connectivity index (χ1n) is 8.73. The zero-order chi connectivity index (χ0) is 20.2. The van der Waals surface area contributed by atoms with Gasteiger partial charge in [-0.25, -0.2) is 4.39 Å². The van der Waals surface area contributed by atoms with Crippen LogP contribution in [0.25, 0.3) is 17.2 Å². The number of nitrogens with zero attached hydrogens (tertiary/aromatic N) is 4. The molecule has 0 saturated heterocycles. The van der Waals surface area contributed by atoms with Crippen LogP contribution in [-0.2, 0) is 5.75 Å². The van der Waals surface area contributed by atoms with Gasteiger partial charge in [-0.2, -0.15) is 0 Å². The lowest BCUT2D eigenvalue weighted by atomic mass is 10.2. The molecule has 0 N–H and O–H groups in total. The van der Waals surface area contributed by atoms with Gasteiger partial charge in [-0.1, -0.05) is 39.8 Å². The summed E-state index contributed by atoms with van der Waals surface area (Å²) < 4.78 is 22.1. The second kappa shape index (κ2) is 8.75. The van der Waals surface area contributed by atoms with E-state index in [9.17, 15) is 4.39 Å². The van der Waals surface area contributed by atoms with Gasteiger partial charge in [0.05, 0.1) is 12.8 Å². The summed E-state index contributed by atoms with van der Waals surface area (Å²) in [5.74, 6) is 1.55. The van der Waals surface area contributed by atoms with Gasteiger partial charge in [0.25, 0.3) is 0 Å². The molecule has 2 aromatic carbocycles. The summed E-state index contributed by atoms with van der Waals surface area (Å²) in [4.78, 5) is 4.40. The van der Waals surface area contributed by atoms with Crippen molar-refractivity contribution in [2.75, 3.05) is 7.11 Å². The Kier molecular flexibility index (Phi) is 5.92. The number of rotatable bonds is 6. The lowest BCUT2D eigenvalue weighted by molar-refractivity contribution is 0.414. The maximum Gasteiger partial charge on any atom is 0.196 e. The van der Waals surface area contributed by atoms with Crippen LogP contribution in [0.4, 0.5) is 4.39 Å². The SMILES string of the molecule is COc1ccc(-n2c(SCc3ccc(Br)cc3F)nnc2-c2ccccn2)cc1. The first-order chi connectivity index (χ1) is 14.2. The average molecular weight is 471 g/mol. The van der Waals surface area contributed by atoms with Crippen molar-refractivity contribution in [1.82, 2.24) is 19.7 Å². The van der Waals surface area contributed by atoms with Gasteiger partial charge in [0.15, 0.2) is 11.0 Å². The van der Waals surface area contributed by atoms with Gasteiger partial charge < -0.3 is 4.74 Å². The molecule has 5 nitrogen and oxygen atoms in total. The highest BCUT2D eigenvalue weighted by molar-refractivity contribution is 9.10. The van der Waals surface area contributed by atoms with Gasteiger partial charge in [-0.15, -0.1) is 10.2 Å². The van der Waals surface area contributed by atoms with E-state index in [0.717, 1.165) is 11.4 Å². The van der Waals surface area contributed by atoms with Gasteiger partial charge in [0.1, 0.15) is 17.3 Å².